The molecule has 2 rings (SSSR count). The molecule has 1 aliphatic heterocycles. The lowest BCUT2D eigenvalue weighted by Crippen LogP contribution is -2.31. The minimum Gasteiger partial charge on any atom is -0.489 e. The van der Waals surface area contributed by atoms with Crippen LogP contribution in [0.1, 0.15) is 18.4 Å². The summed E-state index contributed by atoms with van der Waals surface area (Å²) in [5, 5.41) is 12.2. The molecule has 1 aromatic carbocycles. The number of nitrogens with zero attached hydrogens (tertiary/aromatic N) is 1. The van der Waals surface area contributed by atoms with E-state index in [1.54, 1.807) is 12.1 Å². The molecule has 4 nitrogen and oxygen atoms in total. The molecule has 0 aliphatic carbocycles. The molecular weight excluding hydrogens is 202 g/mol. The van der Waals surface area contributed by atoms with Gasteiger partial charge in [0.25, 0.3) is 0 Å². The summed E-state index contributed by atoms with van der Waals surface area (Å²) in [5.41, 5.74) is 7.06. The van der Waals surface area contributed by atoms with E-state index >= 15 is 0 Å². The fraction of sp³-hybridized carbons (Fsp3) is 0.417. The summed E-state index contributed by atoms with van der Waals surface area (Å²) in [6.45, 7) is 1.35. The van der Waals surface area contributed by atoms with Gasteiger partial charge in [-0.3, -0.25) is 0 Å². The summed E-state index contributed by atoms with van der Waals surface area (Å²) in [6, 6.07) is 7.87. The third-order valence-corrected chi connectivity index (χ3v) is 2.67. The molecule has 0 bridgehead atoms. The minimum atomic E-state index is 0.323. The number of rotatable bonds is 3. The molecule has 4 heteroatoms. The number of hydrogen-bond acceptors (Lipinski definition) is 4. The van der Waals surface area contributed by atoms with Gasteiger partial charge in [-0.05, 0) is 31.5 Å². The number of nitriles is 1. The van der Waals surface area contributed by atoms with Crippen LogP contribution in [0.25, 0.3) is 0 Å². The number of benzene rings is 1. The molecule has 0 radical (unpaired) electrons. The topological polar surface area (TPSA) is 71.1 Å². The molecule has 1 unspecified atom stereocenters. The van der Waals surface area contributed by atoms with Crippen molar-refractivity contribution in [3.63, 3.8) is 0 Å². The second-order valence-electron chi connectivity index (χ2n) is 3.91. The summed E-state index contributed by atoms with van der Waals surface area (Å²) in [4.78, 5) is 0. The zero-order valence-corrected chi connectivity index (χ0v) is 9.07. The van der Waals surface area contributed by atoms with E-state index < -0.39 is 0 Å². The van der Waals surface area contributed by atoms with Crippen LogP contribution in [0, 0.1) is 11.3 Å². The SMILES string of the molecule is N#Cc1ccc2c(c1)OCC(CCCN)N2. The fourth-order valence-corrected chi connectivity index (χ4v) is 1.80. The van der Waals surface area contributed by atoms with Crippen molar-refractivity contribution in [2.75, 3.05) is 18.5 Å². The van der Waals surface area contributed by atoms with Crippen LogP contribution >= 0.6 is 0 Å². The molecule has 1 aliphatic rings. The van der Waals surface area contributed by atoms with Gasteiger partial charge in [-0.1, -0.05) is 0 Å². The molecule has 1 aromatic rings. The normalized spacial score (nSPS) is 17.9. The Morgan fingerprint density at radius 2 is 2.44 bits per heavy atom. The molecule has 0 spiro atoms. The number of hydrogen-bond donors (Lipinski definition) is 2. The molecule has 1 atom stereocenters. The lowest BCUT2D eigenvalue weighted by atomic mass is 10.1. The maximum atomic E-state index is 8.77. The van der Waals surface area contributed by atoms with Crippen LogP contribution < -0.4 is 15.8 Å². The van der Waals surface area contributed by atoms with Gasteiger partial charge in [0.05, 0.1) is 23.4 Å². The smallest absolute Gasteiger partial charge is 0.143 e. The van der Waals surface area contributed by atoms with E-state index in [-0.39, 0.29) is 0 Å². The second kappa shape index (κ2) is 4.86. The van der Waals surface area contributed by atoms with Crippen molar-refractivity contribution in [2.45, 2.75) is 18.9 Å². The highest BCUT2D eigenvalue weighted by Gasteiger charge is 2.18. The molecule has 0 fully saturated rings. The van der Waals surface area contributed by atoms with Crippen LogP contribution in [0.5, 0.6) is 5.75 Å². The summed E-state index contributed by atoms with van der Waals surface area (Å²) >= 11 is 0. The zero-order chi connectivity index (χ0) is 11.4. The van der Waals surface area contributed by atoms with E-state index in [2.05, 4.69) is 11.4 Å². The van der Waals surface area contributed by atoms with E-state index in [0.29, 0.717) is 24.8 Å². The van der Waals surface area contributed by atoms with Gasteiger partial charge in [-0.25, -0.2) is 0 Å². The summed E-state index contributed by atoms with van der Waals surface area (Å²) in [5.74, 6) is 0.767. The van der Waals surface area contributed by atoms with Crippen molar-refractivity contribution < 1.29 is 4.74 Å². The van der Waals surface area contributed by atoms with Gasteiger partial charge in [-0.15, -0.1) is 0 Å². The first-order chi connectivity index (χ1) is 7.83. The van der Waals surface area contributed by atoms with E-state index in [1.807, 2.05) is 6.07 Å². The van der Waals surface area contributed by atoms with Crippen molar-refractivity contribution in [3.8, 4) is 11.8 Å². The van der Waals surface area contributed by atoms with Gasteiger partial charge < -0.3 is 15.8 Å². The number of ether oxygens (including phenoxy) is 1. The Balaban J connectivity index is 2.07. The van der Waals surface area contributed by atoms with Crippen LogP contribution in [0.2, 0.25) is 0 Å². The lowest BCUT2D eigenvalue weighted by Gasteiger charge is -2.27. The van der Waals surface area contributed by atoms with Crippen LogP contribution in [0.15, 0.2) is 18.2 Å². The monoisotopic (exact) mass is 217 g/mol. The number of fused-ring (bicyclic) bond motifs is 1. The molecule has 0 saturated heterocycles. The maximum absolute atomic E-state index is 8.77. The van der Waals surface area contributed by atoms with Gasteiger partial charge in [-0.2, -0.15) is 5.26 Å². The Morgan fingerprint density at radius 1 is 1.56 bits per heavy atom. The van der Waals surface area contributed by atoms with Crippen molar-refractivity contribution in [1.29, 1.82) is 5.26 Å². The highest BCUT2D eigenvalue weighted by molar-refractivity contribution is 5.61. The molecule has 3 N–H and O–H groups in total. The third-order valence-electron chi connectivity index (χ3n) is 2.67. The zero-order valence-electron chi connectivity index (χ0n) is 9.07. The Labute approximate surface area is 95.0 Å². The second-order valence-corrected chi connectivity index (χ2v) is 3.91. The Kier molecular flexibility index (Phi) is 3.28. The first-order valence-electron chi connectivity index (χ1n) is 5.47. The standard InChI is InChI=1S/C12H15N3O/c13-5-1-2-10-8-16-12-6-9(7-14)3-4-11(12)15-10/h3-4,6,10,15H,1-2,5,8,13H2. The first kappa shape index (κ1) is 10.8. The Morgan fingerprint density at radius 3 is 3.19 bits per heavy atom. The van der Waals surface area contributed by atoms with Crippen LogP contribution in [-0.4, -0.2) is 19.2 Å². The number of nitrogens with one attached hydrogen (secondary N) is 1. The van der Waals surface area contributed by atoms with Gasteiger partial charge in [0.1, 0.15) is 12.4 Å². The molecule has 16 heavy (non-hydrogen) atoms. The number of nitrogens with two attached hydrogens (primary N) is 1. The third kappa shape index (κ3) is 2.26. The molecule has 1 heterocycles. The lowest BCUT2D eigenvalue weighted by molar-refractivity contribution is 0.277. The summed E-state index contributed by atoms with van der Waals surface area (Å²) in [7, 11) is 0. The Bertz CT molecular complexity index is 411. The highest BCUT2D eigenvalue weighted by atomic mass is 16.5. The quantitative estimate of drug-likeness (QED) is 0.804. The van der Waals surface area contributed by atoms with Gasteiger partial charge in [0, 0.05) is 6.07 Å². The maximum Gasteiger partial charge on any atom is 0.143 e. The predicted octanol–water partition coefficient (Wildman–Crippen LogP) is 1.47. The van der Waals surface area contributed by atoms with Crippen molar-refractivity contribution in [1.82, 2.24) is 0 Å². The van der Waals surface area contributed by atoms with Gasteiger partial charge >= 0.3 is 0 Å². The van der Waals surface area contributed by atoms with E-state index in [9.17, 15) is 0 Å². The first-order valence-corrected chi connectivity index (χ1v) is 5.47. The fourth-order valence-electron chi connectivity index (χ4n) is 1.80. The van der Waals surface area contributed by atoms with Crippen LogP contribution in [0.3, 0.4) is 0 Å². The minimum absolute atomic E-state index is 0.323. The highest BCUT2D eigenvalue weighted by Crippen LogP contribution is 2.30. The number of anilines is 1. The van der Waals surface area contributed by atoms with Crippen molar-refractivity contribution in [2.24, 2.45) is 5.73 Å². The van der Waals surface area contributed by atoms with Gasteiger partial charge in [0.15, 0.2) is 0 Å². The van der Waals surface area contributed by atoms with E-state index in [0.717, 1.165) is 24.3 Å². The summed E-state index contributed by atoms with van der Waals surface area (Å²) < 4.78 is 5.62. The van der Waals surface area contributed by atoms with Crippen molar-refractivity contribution >= 4 is 5.69 Å². The van der Waals surface area contributed by atoms with E-state index in [1.165, 1.54) is 0 Å². The van der Waals surface area contributed by atoms with Crippen molar-refractivity contribution in [3.05, 3.63) is 23.8 Å². The molecular formula is C12H15N3O. The molecule has 0 amide bonds. The Hall–Kier alpha value is -1.73. The summed E-state index contributed by atoms with van der Waals surface area (Å²) in [6.07, 6.45) is 2.00. The molecule has 84 valence electrons. The average molecular weight is 217 g/mol. The predicted molar refractivity (Wildman–Crippen MR) is 62.4 cm³/mol. The van der Waals surface area contributed by atoms with Crippen LogP contribution in [-0.2, 0) is 0 Å². The van der Waals surface area contributed by atoms with E-state index in [4.69, 9.17) is 15.7 Å². The molecule has 0 saturated carbocycles. The largest absolute Gasteiger partial charge is 0.489 e. The van der Waals surface area contributed by atoms with Gasteiger partial charge in [0.2, 0.25) is 0 Å². The average Bonchev–Trinajstić information content (AvgIpc) is 2.35. The van der Waals surface area contributed by atoms with Crippen LogP contribution in [0.4, 0.5) is 5.69 Å². The molecule has 0 aromatic heterocycles.